The lowest BCUT2D eigenvalue weighted by atomic mass is 9.73. The minimum atomic E-state index is -0.221. The van der Waals surface area contributed by atoms with Gasteiger partial charge in [0.1, 0.15) is 5.75 Å². The molecule has 2 aliphatic rings. The monoisotopic (exact) mass is 380 g/mol. The van der Waals surface area contributed by atoms with Crippen LogP contribution >= 0.6 is 11.6 Å². The molecule has 1 saturated heterocycles. The van der Waals surface area contributed by atoms with Crippen LogP contribution in [0.5, 0.6) is 5.75 Å². The van der Waals surface area contributed by atoms with E-state index >= 15 is 0 Å². The Morgan fingerprint density at radius 3 is 2.85 bits per heavy atom. The highest BCUT2D eigenvalue weighted by atomic mass is 35.5. The Kier molecular flexibility index (Phi) is 6.43. The number of carbonyl (C=O) groups is 1. The van der Waals surface area contributed by atoms with Crippen LogP contribution in [0, 0.1) is 11.8 Å². The number of hydrogen-bond acceptors (Lipinski definition) is 4. The Morgan fingerprint density at radius 1 is 1.38 bits per heavy atom. The van der Waals surface area contributed by atoms with Crippen LogP contribution < -0.4 is 15.8 Å². The van der Waals surface area contributed by atoms with Crippen molar-refractivity contribution >= 4 is 17.5 Å². The van der Waals surface area contributed by atoms with Gasteiger partial charge in [-0.05, 0) is 56.3 Å². The van der Waals surface area contributed by atoms with E-state index in [4.69, 9.17) is 26.8 Å². The third-order valence-electron chi connectivity index (χ3n) is 6.08. The first kappa shape index (κ1) is 19.5. The highest BCUT2D eigenvalue weighted by Crippen LogP contribution is 2.41. The molecule has 1 aliphatic heterocycles. The van der Waals surface area contributed by atoms with Crippen LogP contribution in [0.4, 0.5) is 0 Å². The van der Waals surface area contributed by atoms with Crippen LogP contribution in [0.1, 0.15) is 37.7 Å². The van der Waals surface area contributed by atoms with Crippen LogP contribution in [0.25, 0.3) is 0 Å². The molecule has 0 bridgehead atoms. The lowest BCUT2D eigenvalue weighted by molar-refractivity contribution is -0.126. The lowest BCUT2D eigenvalue weighted by Gasteiger charge is -2.39. The Labute approximate surface area is 160 Å². The van der Waals surface area contributed by atoms with Gasteiger partial charge in [0.2, 0.25) is 5.91 Å². The maximum absolute atomic E-state index is 12.8. The van der Waals surface area contributed by atoms with Crippen molar-refractivity contribution in [2.45, 2.75) is 37.5 Å². The summed E-state index contributed by atoms with van der Waals surface area (Å²) >= 11 is 6.27. The van der Waals surface area contributed by atoms with E-state index in [-0.39, 0.29) is 17.2 Å². The minimum Gasteiger partial charge on any atom is -0.496 e. The number of hydrogen-bond donors (Lipinski definition) is 2. The fourth-order valence-electron chi connectivity index (χ4n) is 4.45. The van der Waals surface area contributed by atoms with Crippen molar-refractivity contribution < 1.29 is 14.3 Å². The molecule has 26 heavy (non-hydrogen) atoms. The highest BCUT2D eigenvalue weighted by Gasteiger charge is 2.39. The van der Waals surface area contributed by atoms with E-state index in [1.807, 2.05) is 18.2 Å². The van der Waals surface area contributed by atoms with Crippen molar-refractivity contribution in [3.05, 3.63) is 28.8 Å². The molecule has 1 aromatic rings. The van der Waals surface area contributed by atoms with Crippen LogP contribution in [-0.4, -0.2) is 39.3 Å². The van der Waals surface area contributed by atoms with E-state index in [0.717, 1.165) is 43.4 Å². The maximum atomic E-state index is 12.8. The zero-order chi connectivity index (χ0) is 18.6. The Morgan fingerprint density at radius 2 is 2.15 bits per heavy atom. The smallest absolute Gasteiger partial charge is 0.223 e. The molecule has 0 aromatic heterocycles. The van der Waals surface area contributed by atoms with Crippen molar-refractivity contribution in [2.24, 2.45) is 17.6 Å². The number of nitrogens with two attached hydrogens (primary N) is 1. The molecule has 1 saturated carbocycles. The van der Waals surface area contributed by atoms with Crippen LogP contribution in [0.3, 0.4) is 0 Å². The summed E-state index contributed by atoms with van der Waals surface area (Å²) in [4.78, 5) is 12.8. The quantitative estimate of drug-likeness (QED) is 0.795. The minimum absolute atomic E-state index is 0.0400. The molecule has 1 amide bonds. The molecule has 0 spiro atoms. The third kappa shape index (κ3) is 4.00. The average Bonchev–Trinajstić information content (AvgIpc) is 3.16. The molecule has 1 heterocycles. The summed E-state index contributed by atoms with van der Waals surface area (Å²) < 4.78 is 11.2. The van der Waals surface area contributed by atoms with Crippen LogP contribution in [0.15, 0.2) is 18.2 Å². The van der Waals surface area contributed by atoms with Gasteiger partial charge in [-0.2, -0.15) is 0 Å². The number of methoxy groups -OCH3 is 1. The molecule has 2 fully saturated rings. The number of amides is 1. The molecule has 0 radical (unpaired) electrons. The van der Waals surface area contributed by atoms with E-state index in [1.165, 1.54) is 0 Å². The number of benzene rings is 1. The van der Waals surface area contributed by atoms with Gasteiger partial charge in [-0.25, -0.2) is 0 Å². The van der Waals surface area contributed by atoms with Crippen molar-refractivity contribution in [1.82, 2.24) is 5.32 Å². The van der Waals surface area contributed by atoms with Gasteiger partial charge in [-0.3, -0.25) is 4.79 Å². The summed E-state index contributed by atoms with van der Waals surface area (Å²) in [6, 6.07) is 5.70. The van der Waals surface area contributed by atoms with E-state index in [9.17, 15) is 4.79 Å². The molecule has 144 valence electrons. The molecule has 3 rings (SSSR count). The topological polar surface area (TPSA) is 73.6 Å². The summed E-state index contributed by atoms with van der Waals surface area (Å²) in [5.41, 5.74) is 6.68. The van der Waals surface area contributed by atoms with Gasteiger partial charge in [0.15, 0.2) is 0 Å². The SMILES string of the molecule is COc1ccc(Cl)cc1C1(CNC(=O)[C@@H]2CCC[C@@H]2CN)CCOCC1. The average molecular weight is 381 g/mol. The fourth-order valence-corrected chi connectivity index (χ4v) is 4.62. The zero-order valence-corrected chi connectivity index (χ0v) is 16.2. The molecular formula is C20H29ClN2O3. The second-order valence-corrected chi connectivity index (χ2v) is 7.92. The van der Waals surface area contributed by atoms with Gasteiger partial charge in [-0.15, -0.1) is 0 Å². The Hall–Kier alpha value is -1.30. The first-order valence-corrected chi connectivity index (χ1v) is 9.87. The van der Waals surface area contributed by atoms with Crippen molar-refractivity contribution in [3.8, 4) is 5.75 Å². The first-order valence-electron chi connectivity index (χ1n) is 9.49. The summed E-state index contributed by atoms with van der Waals surface area (Å²) in [6.45, 7) is 2.49. The van der Waals surface area contributed by atoms with E-state index in [1.54, 1.807) is 7.11 Å². The predicted molar refractivity (Wildman–Crippen MR) is 103 cm³/mol. The summed E-state index contributed by atoms with van der Waals surface area (Å²) in [5, 5.41) is 3.90. The molecule has 3 N–H and O–H groups in total. The number of ether oxygens (including phenoxy) is 2. The highest BCUT2D eigenvalue weighted by molar-refractivity contribution is 6.30. The third-order valence-corrected chi connectivity index (χ3v) is 6.32. The number of nitrogens with one attached hydrogen (secondary N) is 1. The number of carbonyl (C=O) groups excluding carboxylic acids is 1. The number of rotatable bonds is 6. The van der Waals surface area contributed by atoms with Crippen molar-refractivity contribution in [3.63, 3.8) is 0 Å². The van der Waals surface area contributed by atoms with Gasteiger partial charge < -0.3 is 20.5 Å². The van der Waals surface area contributed by atoms with Gasteiger partial charge in [0.05, 0.1) is 7.11 Å². The van der Waals surface area contributed by atoms with Crippen LogP contribution in [-0.2, 0) is 14.9 Å². The molecule has 5 nitrogen and oxygen atoms in total. The lowest BCUT2D eigenvalue weighted by Crippen LogP contribution is -2.47. The zero-order valence-electron chi connectivity index (χ0n) is 15.4. The molecule has 0 unspecified atom stereocenters. The van der Waals surface area contributed by atoms with E-state index < -0.39 is 0 Å². The molecule has 6 heteroatoms. The maximum Gasteiger partial charge on any atom is 0.223 e. The van der Waals surface area contributed by atoms with Crippen molar-refractivity contribution in [2.75, 3.05) is 33.4 Å². The van der Waals surface area contributed by atoms with Crippen LogP contribution in [0.2, 0.25) is 5.02 Å². The number of halogens is 1. The molecular weight excluding hydrogens is 352 g/mol. The molecule has 1 aliphatic carbocycles. The van der Waals surface area contributed by atoms with E-state index in [0.29, 0.717) is 37.2 Å². The van der Waals surface area contributed by atoms with E-state index in [2.05, 4.69) is 5.32 Å². The first-order chi connectivity index (χ1) is 12.6. The standard InChI is InChI=1S/C20H29ClN2O3/c1-25-18-6-5-15(21)11-17(18)20(7-9-26-10-8-20)13-23-19(24)16-4-2-3-14(16)12-22/h5-6,11,14,16H,2-4,7-10,12-13,22H2,1H3,(H,23,24)/t14-,16-/m1/s1. The van der Waals surface area contributed by atoms with Gasteiger partial charge in [0, 0.05) is 41.7 Å². The largest absolute Gasteiger partial charge is 0.496 e. The normalized spacial score (nSPS) is 25.0. The van der Waals surface area contributed by atoms with Gasteiger partial charge >= 0.3 is 0 Å². The summed E-state index contributed by atoms with van der Waals surface area (Å²) in [5.74, 6) is 1.29. The Balaban J connectivity index is 1.80. The predicted octanol–water partition coefficient (Wildman–Crippen LogP) is 2.89. The Bertz CT molecular complexity index is 631. The van der Waals surface area contributed by atoms with Gasteiger partial charge in [0.25, 0.3) is 0 Å². The fraction of sp³-hybridized carbons (Fsp3) is 0.650. The van der Waals surface area contributed by atoms with Gasteiger partial charge in [-0.1, -0.05) is 18.0 Å². The second kappa shape index (κ2) is 8.59. The van der Waals surface area contributed by atoms with Crippen molar-refractivity contribution in [1.29, 1.82) is 0 Å². The molecule has 2 atom stereocenters. The second-order valence-electron chi connectivity index (χ2n) is 7.49. The summed E-state index contributed by atoms with van der Waals surface area (Å²) in [6.07, 6.45) is 4.73. The molecule has 1 aromatic carbocycles. The summed E-state index contributed by atoms with van der Waals surface area (Å²) in [7, 11) is 1.67.